The molecule has 1 aromatic rings. The smallest absolute Gasteiger partial charge is 0.267 e. The Morgan fingerprint density at radius 3 is 2.29 bits per heavy atom. The van der Waals surface area contributed by atoms with Crippen LogP contribution in [0.1, 0.15) is 82.3 Å². The lowest BCUT2D eigenvalue weighted by Gasteiger charge is -2.18. The molecule has 0 radical (unpaired) electrons. The van der Waals surface area contributed by atoms with Crippen molar-refractivity contribution in [3.05, 3.63) is 11.6 Å². The van der Waals surface area contributed by atoms with Crippen LogP contribution in [0.4, 0.5) is 13.2 Å². The molecule has 0 spiro atoms. The van der Waals surface area contributed by atoms with Gasteiger partial charge in [0, 0.05) is 19.8 Å². The van der Waals surface area contributed by atoms with Gasteiger partial charge in [0.25, 0.3) is 5.92 Å². The first-order valence-corrected chi connectivity index (χ1v) is 8.97. The molecule has 2 heterocycles. The molecule has 0 aromatic carbocycles. The molecule has 1 aliphatic rings. The molecular formula is C16H27F3N3OP. The predicted octanol–water partition coefficient (Wildman–Crippen LogP) is 4.75. The van der Waals surface area contributed by atoms with Gasteiger partial charge in [-0.05, 0) is 25.7 Å². The topological polar surface area (TPSA) is 47.8 Å². The largest absolute Gasteiger partial charge is 0.291 e. The van der Waals surface area contributed by atoms with Crippen LogP contribution < -0.4 is 0 Å². The zero-order valence-corrected chi connectivity index (χ0v) is 15.9. The highest BCUT2D eigenvalue weighted by molar-refractivity contribution is 7.18. The second-order valence-corrected chi connectivity index (χ2v) is 7.26. The van der Waals surface area contributed by atoms with E-state index in [1.54, 1.807) is 0 Å². The van der Waals surface area contributed by atoms with E-state index in [-0.39, 0.29) is 11.6 Å². The number of aryl methyl sites for hydroxylation is 1. The molecule has 2 atom stereocenters. The Morgan fingerprint density at radius 2 is 1.88 bits per heavy atom. The molecular weight excluding hydrogens is 338 g/mol. The number of aromatic nitrogens is 3. The van der Waals surface area contributed by atoms with Gasteiger partial charge in [0.2, 0.25) is 11.6 Å². The molecule has 8 heteroatoms. The van der Waals surface area contributed by atoms with Gasteiger partial charge >= 0.3 is 0 Å². The van der Waals surface area contributed by atoms with Crippen LogP contribution in [0.5, 0.6) is 0 Å². The first-order chi connectivity index (χ1) is 11.1. The molecule has 0 fully saturated rings. The summed E-state index contributed by atoms with van der Waals surface area (Å²) < 4.78 is 40.3. The summed E-state index contributed by atoms with van der Waals surface area (Å²) in [6.07, 6.45) is 3.04. The molecule has 24 heavy (non-hydrogen) atoms. The first kappa shape index (κ1) is 21.1. The van der Waals surface area contributed by atoms with Crippen molar-refractivity contribution in [2.75, 3.05) is 0 Å². The van der Waals surface area contributed by atoms with E-state index in [9.17, 15) is 18.0 Å². The Morgan fingerprint density at radius 1 is 1.29 bits per heavy atom. The van der Waals surface area contributed by atoms with Crippen molar-refractivity contribution in [3.8, 4) is 0 Å². The van der Waals surface area contributed by atoms with Crippen LogP contribution >= 0.6 is 9.24 Å². The molecule has 4 nitrogen and oxygen atoms in total. The quantitative estimate of drug-likeness (QED) is 0.540. The summed E-state index contributed by atoms with van der Waals surface area (Å²) >= 11 is 0. The zero-order valence-electron chi connectivity index (χ0n) is 14.8. The van der Waals surface area contributed by atoms with Crippen LogP contribution in [-0.4, -0.2) is 31.9 Å². The number of fused-ring (bicyclic) bond motifs is 1. The van der Waals surface area contributed by atoms with Crippen LogP contribution in [0.25, 0.3) is 0 Å². The highest BCUT2D eigenvalue weighted by atomic mass is 31.0. The third-order valence-corrected chi connectivity index (χ3v) is 4.94. The van der Waals surface area contributed by atoms with Gasteiger partial charge < -0.3 is 0 Å². The van der Waals surface area contributed by atoms with E-state index in [1.165, 1.54) is 4.68 Å². The number of ketones is 1. The molecule has 0 bridgehead atoms. The van der Waals surface area contributed by atoms with E-state index in [0.717, 1.165) is 6.92 Å². The SMILES string of the molecule is CCC(F)(P)CC.CCCC(=O)c1nc2n(n1)C(C(C)(F)F)CC2. The molecule has 1 aliphatic heterocycles. The van der Waals surface area contributed by atoms with Gasteiger partial charge in [0.05, 0.1) is 0 Å². The second kappa shape index (κ2) is 8.41. The molecule has 0 N–H and O–H groups in total. The molecule has 138 valence electrons. The third kappa shape index (κ3) is 5.54. The van der Waals surface area contributed by atoms with Gasteiger partial charge in [-0.25, -0.2) is 22.8 Å². The highest BCUT2D eigenvalue weighted by Gasteiger charge is 2.41. The van der Waals surface area contributed by atoms with Gasteiger partial charge in [0.15, 0.2) is 0 Å². The number of carbonyl (C=O) groups is 1. The summed E-state index contributed by atoms with van der Waals surface area (Å²) in [7, 11) is 2.20. The predicted molar refractivity (Wildman–Crippen MR) is 91.4 cm³/mol. The lowest BCUT2D eigenvalue weighted by molar-refractivity contribution is -0.0339. The minimum atomic E-state index is -2.83. The maximum atomic E-state index is 13.3. The maximum Gasteiger partial charge on any atom is 0.267 e. The molecule has 0 saturated heterocycles. The third-order valence-electron chi connectivity index (χ3n) is 4.13. The Kier molecular flexibility index (Phi) is 7.39. The van der Waals surface area contributed by atoms with E-state index in [0.29, 0.717) is 44.3 Å². The average Bonchev–Trinajstić information content (AvgIpc) is 3.07. The maximum absolute atomic E-state index is 13.3. The lowest BCUT2D eigenvalue weighted by atomic mass is 10.1. The fraction of sp³-hybridized carbons (Fsp3) is 0.812. The summed E-state index contributed by atoms with van der Waals surface area (Å²) in [4.78, 5) is 15.6. The number of rotatable bonds is 6. The first-order valence-electron chi connectivity index (χ1n) is 8.39. The van der Waals surface area contributed by atoms with E-state index in [4.69, 9.17) is 0 Å². The molecule has 0 saturated carbocycles. The number of hydrogen-bond donors (Lipinski definition) is 0. The Bertz CT molecular complexity index is 549. The molecule has 2 rings (SSSR count). The Hall–Kier alpha value is -0.970. The van der Waals surface area contributed by atoms with Crippen molar-refractivity contribution in [2.24, 2.45) is 0 Å². The van der Waals surface area contributed by atoms with E-state index < -0.39 is 17.4 Å². The van der Waals surface area contributed by atoms with Crippen molar-refractivity contribution in [2.45, 2.75) is 83.6 Å². The minimum Gasteiger partial charge on any atom is -0.291 e. The molecule has 0 aliphatic carbocycles. The van der Waals surface area contributed by atoms with Crippen molar-refractivity contribution in [3.63, 3.8) is 0 Å². The van der Waals surface area contributed by atoms with Crippen molar-refractivity contribution in [1.29, 1.82) is 0 Å². The van der Waals surface area contributed by atoms with E-state index in [2.05, 4.69) is 19.3 Å². The zero-order chi connectivity index (χ0) is 18.5. The van der Waals surface area contributed by atoms with Crippen LogP contribution in [-0.2, 0) is 6.42 Å². The number of nitrogens with zero attached hydrogens (tertiary/aromatic N) is 3. The highest BCUT2D eigenvalue weighted by Crippen LogP contribution is 2.36. The van der Waals surface area contributed by atoms with Gasteiger partial charge in [0.1, 0.15) is 17.3 Å². The second-order valence-electron chi connectivity index (χ2n) is 6.22. The van der Waals surface area contributed by atoms with Gasteiger partial charge in [-0.3, -0.25) is 4.79 Å². The molecule has 0 amide bonds. The van der Waals surface area contributed by atoms with E-state index >= 15 is 0 Å². The van der Waals surface area contributed by atoms with Crippen molar-refractivity contribution < 1.29 is 18.0 Å². The molecule has 1 aromatic heterocycles. The van der Waals surface area contributed by atoms with Crippen molar-refractivity contribution in [1.82, 2.24) is 14.8 Å². The fourth-order valence-corrected chi connectivity index (χ4v) is 2.34. The van der Waals surface area contributed by atoms with Crippen LogP contribution in [0.3, 0.4) is 0 Å². The van der Waals surface area contributed by atoms with Crippen LogP contribution in [0.2, 0.25) is 0 Å². The van der Waals surface area contributed by atoms with Crippen molar-refractivity contribution >= 4 is 15.0 Å². The standard InChI is InChI=1S/C11H15F2N3O.C5H12FP/c1-3-4-7(17)10-14-9-6-5-8(11(2,12)13)16(9)15-10;1-3-5(6,7)4-2/h8H,3-6H2,1-2H3;3-4,7H2,1-2H3. The minimum absolute atomic E-state index is 0.0794. The Labute approximate surface area is 143 Å². The average molecular weight is 365 g/mol. The number of Topliss-reactive ketones (excluding diaryl/α,β-unsaturated/α-hetero) is 1. The van der Waals surface area contributed by atoms with Gasteiger partial charge in [-0.2, -0.15) is 0 Å². The number of carbonyl (C=O) groups excluding carboxylic acids is 1. The van der Waals surface area contributed by atoms with E-state index in [1.807, 2.05) is 20.8 Å². The molecule has 2 unspecified atom stereocenters. The van der Waals surface area contributed by atoms with Crippen LogP contribution in [0, 0.1) is 0 Å². The summed E-state index contributed by atoms with van der Waals surface area (Å²) in [6, 6.07) is -0.965. The monoisotopic (exact) mass is 365 g/mol. The normalized spacial score (nSPS) is 17.2. The number of halogens is 3. The fourth-order valence-electron chi connectivity index (χ4n) is 2.34. The van der Waals surface area contributed by atoms with Crippen LogP contribution in [0.15, 0.2) is 0 Å². The lowest BCUT2D eigenvalue weighted by Crippen LogP contribution is -2.26. The summed E-state index contributed by atoms with van der Waals surface area (Å²) in [5.74, 6) is -2.43. The summed E-state index contributed by atoms with van der Waals surface area (Å²) in [5, 5.41) is 2.93. The van der Waals surface area contributed by atoms with Gasteiger partial charge in [-0.15, -0.1) is 5.10 Å². The Balaban J connectivity index is 0.000000351. The number of alkyl halides is 3. The summed E-state index contributed by atoms with van der Waals surface area (Å²) in [6.45, 7) is 6.44. The summed E-state index contributed by atoms with van der Waals surface area (Å²) in [5.41, 5.74) is 0. The van der Waals surface area contributed by atoms with Gasteiger partial charge in [-0.1, -0.05) is 30.0 Å². The number of hydrogen-bond acceptors (Lipinski definition) is 3.